The van der Waals surface area contributed by atoms with Crippen LogP contribution in [0.4, 0.5) is 5.95 Å². The molecule has 2 atom stereocenters. The molecule has 126 valence electrons. The van der Waals surface area contributed by atoms with Crippen molar-refractivity contribution in [3.63, 3.8) is 0 Å². The van der Waals surface area contributed by atoms with Crippen molar-refractivity contribution in [2.75, 3.05) is 18.0 Å². The highest BCUT2D eigenvalue weighted by Crippen LogP contribution is 2.30. The molecular weight excluding hydrogens is 372 g/mol. The van der Waals surface area contributed by atoms with E-state index in [2.05, 4.69) is 50.0 Å². The molecular formula is C17H19BrN4O2. The SMILES string of the molecule is CC1CN(c2ncc(C(=O)O)c(-c3ccccc3Br)n2)CC(C)N1. The summed E-state index contributed by atoms with van der Waals surface area (Å²) in [5, 5.41) is 12.9. The molecule has 0 radical (unpaired) electrons. The van der Waals surface area contributed by atoms with Crippen molar-refractivity contribution in [3.8, 4) is 11.3 Å². The molecule has 0 amide bonds. The first-order valence-corrected chi connectivity index (χ1v) is 8.61. The smallest absolute Gasteiger partial charge is 0.339 e. The van der Waals surface area contributed by atoms with Crippen LogP contribution in [0.15, 0.2) is 34.9 Å². The van der Waals surface area contributed by atoms with Gasteiger partial charge in [0.15, 0.2) is 0 Å². The first kappa shape index (κ1) is 16.9. The second-order valence-electron chi connectivity index (χ2n) is 6.09. The summed E-state index contributed by atoms with van der Waals surface area (Å²) in [5.74, 6) is -0.472. The van der Waals surface area contributed by atoms with Crippen molar-refractivity contribution in [1.29, 1.82) is 0 Å². The quantitative estimate of drug-likeness (QED) is 0.838. The molecule has 24 heavy (non-hydrogen) atoms. The number of rotatable bonds is 3. The summed E-state index contributed by atoms with van der Waals surface area (Å²) in [4.78, 5) is 22.6. The van der Waals surface area contributed by atoms with E-state index in [0.717, 1.165) is 23.1 Å². The first-order valence-electron chi connectivity index (χ1n) is 7.82. The van der Waals surface area contributed by atoms with E-state index in [0.29, 0.717) is 23.7 Å². The highest BCUT2D eigenvalue weighted by Gasteiger charge is 2.25. The highest BCUT2D eigenvalue weighted by molar-refractivity contribution is 9.10. The molecule has 1 aromatic heterocycles. The molecule has 1 fully saturated rings. The summed E-state index contributed by atoms with van der Waals surface area (Å²) in [6.45, 7) is 5.80. The lowest BCUT2D eigenvalue weighted by Crippen LogP contribution is -2.54. The van der Waals surface area contributed by atoms with Crippen molar-refractivity contribution < 1.29 is 9.90 Å². The zero-order valence-corrected chi connectivity index (χ0v) is 15.1. The number of benzene rings is 1. The number of aromatic carboxylic acids is 1. The largest absolute Gasteiger partial charge is 0.478 e. The Kier molecular flexibility index (Phi) is 4.82. The van der Waals surface area contributed by atoms with Crippen LogP contribution in [-0.2, 0) is 0 Å². The number of anilines is 1. The number of carboxylic acid groups (broad SMARTS) is 1. The van der Waals surface area contributed by atoms with Gasteiger partial charge < -0.3 is 15.3 Å². The highest BCUT2D eigenvalue weighted by atomic mass is 79.9. The maximum atomic E-state index is 11.6. The van der Waals surface area contributed by atoms with Gasteiger partial charge in [-0.25, -0.2) is 14.8 Å². The Labute approximate surface area is 149 Å². The maximum Gasteiger partial charge on any atom is 0.339 e. The van der Waals surface area contributed by atoms with E-state index in [9.17, 15) is 9.90 Å². The van der Waals surface area contributed by atoms with Crippen LogP contribution in [0.2, 0.25) is 0 Å². The molecule has 2 aromatic rings. The number of piperazine rings is 1. The number of nitrogens with zero attached hydrogens (tertiary/aromatic N) is 3. The molecule has 3 rings (SSSR count). The van der Waals surface area contributed by atoms with E-state index >= 15 is 0 Å². The minimum absolute atomic E-state index is 0.0990. The van der Waals surface area contributed by atoms with Crippen LogP contribution in [0.1, 0.15) is 24.2 Å². The summed E-state index contributed by atoms with van der Waals surface area (Å²) >= 11 is 3.48. The zero-order chi connectivity index (χ0) is 17.3. The number of nitrogens with one attached hydrogen (secondary N) is 1. The molecule has 0 saturated carbocycles. The molecule has 1 aliphatic heterocycles. The number of carbonyl (C=O) groups is 1. The number of hydrogen-bond acceptors (Lipinski definition) is 5. The summed E-state index contributed by atoms with van der Waals surface area (Å²) in [5.41, 5.74) is 1.27. The molecule has 1 aliphatic rings. The van der Waals surface area contributed by atoms with Gasteiger partial charge in [-0.3, -0.25) is 0 Å². The Morgan fingerprint density at radius 2 is 1.96 bits per heavy atom. The van der Waals surface area contributed by atoms with Crippen LogP contribution in [-0.4, -0.2) is 46.2 Å². The van der Waals surface area contributed by atoms with Gasteiger partial charge in [0.05, 0.1) is 5.69 Å². The normalized spacial score (nSPS) is 20.9. The second-order valence-corrected chi connectivity index (χ2v) is 6.95. The Balaban J connectivity index is 2.07. The predicted octanol–water partition coefficient (Wildman–Crippen LogP) is 2.79. The molecule has 1 aromatic carbocycles. The molecule has 0 spiro atoms. The Hall–Kier alpha value is -1.99. The zero-order valence-electron chi connectivity index (χ0n) is 13.5. The summed E-state index contributed by atoms with van der Waals surface area (Å²) in [7, 11) is 0. The van der Waals surface area contributed by atoms with E-state index in [1.165, 1.54) is 6.20 Å². The Bertz CT molecular complexity index is 758. The van der Waals surface area contributed by atoms with Gasteiger partial charge >= 0.3 is 5.97 Å². The van der Waals surface area contributed by atoms with Gasteiger partial charge in [-0.15, -0.1) is 0 Å². The van der Waals surface area contributed by atoms with E-state index in [1.807, 2.05) is 24.3 Å². The monoisotopic (exact) mass is 390 g/mol. The van der Waals surface area contributed by atoms with Crippen molar-refractivity contribution >= 4 is 27.8 Å². The predicted molar refractivity (Wildman–Crippen MR) is 96.4 cm³/mol. The fourth-order valence-corrected chi connectivity index (χ4v) is 3.50. The summed E-state index contributed by atoms with van der Waals surface area (Å²) in [6.07, 6.45) is 1.40. The van der Waals surface area contributed by atoms with Crippen LogP contribution < -0.4 is 10.2 Å². The van der Waals surface area contributed by atoms with E-state index in [4.69, 9.17) is 0 Å². The van der Waals surface area contributed by atoms with Crippen molar-refractivity contribution in [1.82, 2.24) is 15.3 Å². The Morgan fingerprint density at radius 1 is 1.29 bits per heavy atom. The molecule has 2 N–H and O–H groups in total. The molecule has 0 aliphatic carbocycles. The summed E-state index contributed by atoms with van der Waals surface area (Å²) < 4.78 is 0.805. The first-order chi connectivity index (χ1) is 11.5. The lowest BCUT2D eigenvalue weighted by atomic mass is 10.1. The third kappa shape index (κ3) is 3.42. The Morgan fingerprint density at radius 3 is 2.58 bits per heavy atom. The van der Waals surface area contributed by atoms with Gasteiger partial charge in [0.25, 0.3) is 0 Å². The van der Waals surface area contributed by atoms with E-state index < -0.39 is 5.97 Å². The lowest BCUT2D eigenvalue weighted by Gasteiger charge is -2.36. The average molecular weight is 391 g/mol. The van der Waals surface area contributed by atoms with Crippen LogP contribution >= 0.6 is 15.9 Å². The number of carboxylic acids is 1. The number of halogens is 1. The van der Waals surface area contributed by atoms with Gasteiger partial charge in [0.2, 0.25) is 5.95 Å². The van der Waals surface area contributed by atoms with Gasteiger partial charge in [-0.05, 0) is 19.9 Å². The van der Waals surface area contributed by atoms with Gasteiger partial charge in [-0.1, -0.05) is 34.1 Å². The summed E-state index contributed by atoms with van der Waals surface area (Å²) in [6, 6.07) is 8.12. The lowest BCUT2D eigenvalue weighted by molar-refractivity contribution is 0.0697. The number of aromatic nitrogens is 2. The molecule has 1 saturated heterocycles. The fourth-order valence-electron chi connectivity index (χ4n) is 3.03. The van der Waals surface area contributed by atoms with Crippen LogP contribution in [0.25, 0.3) is 11.3 Å². The van der Waals surface area contributed by atoms with Crippen molar-refractivity contribution in [3.05, 3.63) is 40.5 Å². The van der Waals surface area contributed by atoms with Crippen LogP contribution in [0.5, 0.6) is 0 Å². The third-order valence-corrected chi connectivity index (χ3v) is 4.67. The average Bonchev–Trinajstić information content (AvgIpc) is 2.53. The second kappa shape index (κ2) is 6.86. The minimum atomic E-state index is -1.03. The molecule has 7 heteroatoms. The maximum absolute atomic E-state index is 11.6. The fraction of sp³-hybridized carbons (Fsp3) is 0.353. The molecule has 2 unspecified atom stereocenters. The van der Waals surface area contributed by atoms with Crippen LogP contribution in [0, 0.1) is 0 Å². The van der Waals surface area contributed by atoms with E-state index in [-0.39, 0.29) is 5.56 Å². The van der Waals surface area contributed by atoms with Gasteiger partial charge in [-0.2, -0.15) is 0 Å². The minimum Gasteiger partial charge on any atom is -0.478 e. The van der Waals surface area contributed by atoms with Gasteiger partial charge in [0.1, 0.15) is 5.56 Å². The third-order valence-electron chi connectivity index (χ3n) is 3.98. The number of hydrogen-bond donors (Lipinski definition) is 2. The van der Waals surface area contributed by atoms with Crippen LogP contribution in [0.3, 0.4) is 0 Å². The van der Waals surface area contributed by atoms with Gasteiger partial charge in [0, 0.05) is 41.4 Å². The molecule has 0 bridgehead atoms. The molecule has 2 heterocycles. The van der Waals surface area contributed by atoms with Crippen molar-refractivity contribution in [2.45, 2.75) is 25.9 Å². The van der Waals surface area contributed by atoms with Crippen molar-refractivity contribution in [2.24, 2.45) is 0 Å². The standard InChI is InChI=1S/C17H19BrN4O2/c1-10-8-22(9-11(2)20-10)17-19-7-13(16(23)24)15(21-17)12-5-3-4-6-14(12)18/h3-7,10-11,20H,8-9H2,1-2H3,(H,23,24). The topological polar surface area (TPSA) is 78.4 Å². The molecule has 6 nitrogen and oxygen atoms in total. The van der Waals surface area contributed by atoms with E-state index in [1.54, 1.807) is 0 Å².